The zero-order chi connectivity index (χ0) is 18.1. The molecule has 0 radical (unpaired) electrons. The molecule has 1 aliphatic rings. The van der Waals surface area contributed by atoms with E-state index in [0.29, 0.717) is 15.1 Å². The van der Waals surface area contributed by atoms with Crippen LogP contribution in [0.4, 0.5) is 5.69 Å². The van der Waals surface area contributed by atoms with Crippen molar-refractivity contribution in [2.75, 3.05) is 4.90 Å². The molecule has 1 amide bonds. The van der Waals surface area contributed by atoms with Gasteiger partial charge in [0.1, 0.15) is 0 Å². The fraction of sp³-hybridized carbons (Fsp3) is 0.238. The number of hydrogen-bond donors (Lipinski definition) is 0. The van der Waals surface area contributed by atoms with Crippen LogP contribution in [0.5, 0.6) is 0 Å². The van der Waals surface area contributed by atoms with Crippen molar-refractivity contribution in [2.45, 2.75) is 33.6 Å². The minimum Gasteiger partial charge on any atom is -0.268 e. The van der Waals surface area contributed by atoms with Crippen LogP contribution in [-0.4, -0.2) is 10.2 Å². The first-order valence-electron chi connectivity index (χ1n) is 8.32. The molecule has 2 nitrogen and oxygen atoms in total. The fourth-order valence-corrected chi connectivity index (χ4v) is 4.05. The summed E-state index contributed by atoms with van der Waals surface area (Å²) in [7, 11) is 0. The van der Waals surface area contributed by atoms with E-state index in [-0.39, 0.29) is 5.91 Å². The number of aryl methyl sites for hydroxylation is 2. The van der Waals surface area contributed by atoms with Crippen LogP contribution in [0.2, 0.25) is 0 Å². The summed E-state index contributed by atoms with van der Waals surface area (Å²) in [5.41, 5.74) is 5.35. The van der Waals surface area contributed by atoms with E-state index in [1.807, 2.05) is 38.1 Å². The van der Waals surface area contributed by atoms with Gasteiger partial charge in [-0.05, 0) is 54.2 Å². The predicted molar refractivity (Wildman–Crippen MR) is 112 cm³/mol. The Morgan fingerprint density at radius 1 is 1.08 bits per heavy atom. The van der Waals surface area contributed by atoms with Gasteiger partial charge in [0.05, 0.1) is 10.6 Å². The molecule has 0 aromatic heterocycles. The average Bonchev–Trinajstić information content (AvgIpc) is 2.84. The Morgan fingerprint density at radius 2 is 1.76 bits per heavy atom. The Kier molecular flexibility index (Phi) is 5.11. The van der Waals surface area contributed by atoms with Crippen LogP contribution in [0.25, 0.3) is 6.08 Å². The lowest BCUT2D eigenvalue weighted by Crippen LogP contribution is -2.28. The van der Waals surface area contributed by atoms with Gasteiger partial charge in [-0.15, -0.1) is 0 Å². The van der Waals surface area contributed by atoms with Crippen LogP contribution in [0.15, 0.2) is 47.4 Å². The highest BCUT2D eigenvalue weighted by Gasteiger charge is 2.34. The highest BCUT2D eigenvalue weighted by atomic mass is 32.2. The van der Waals surface area contributed by atoms with E-state index >= 15 is 0 Å². The molecule has 4 heteroatoms. The quantitative estimate of drug-likeness (QED) is 0.503. The van der Waals surface area contributed by atoms with Crippen LogP contribution < -0.4 is 4.90 Å². The van der Waals surface area contributed by atoms with E-state index in [4.69, 9.17) is 12.2 Å². The third kappa shape index (κ3) is 3.70. The van der Waals surface area contributed by atoms with Crippen LogP contribution in [0.1, 0.15) is 42.0 Å². The van der Waals surface area contributed by atoms with E-state index in [9.17, 15) is 4.79 Å². The molecular weight excluding hydrogens is 346 g/mol. The number of anilines is 1. The van der Waals surface area contributed by atoms with Crippen LogP contribution in [0.3, 0.4) is 0 Å². The first-order valence-corrected chi connectivity index (χ1v) is 9.54. The summed E-state index contributed by atoms with van der Waals surface area (Å²) in [6.45, 7) is 8.36. The van der Waals surface area contributed by atoms with Crippen LogP contribution >= 0.6 is 24.0 Å². The smallest absolute Gasteiger partial charge is 0.268 e. The zero-order valence-corrected chi connectivity index (χ0v) is 16.5. The summed E-state index contributed by atoms with van der Waals surface area (Å²) >= 11 is 6.84. The number of nitrogens with zero attached hydrogens (tertiary/aromatic N) is 1. The van der Waals surface area contributed by atoms with Gasteiger partial charge in [-0.2, -0.15) is 0 Å². The van der Waals surface area contributed by atoms with Gasteiger partial charge >= 0.3 is 0 Å². The number of thiocarbonyl (C=S) groups is 1. The normalized spacial score (nSPS) is 16.4. The molecule has 0 atom stereocenters. The standard InChI is InChI=1S/C21H21NOS2/c1-13(2)17-9-7-16(8-10-17)12-19-20(23)22(21(24)25-19)18-11-14(3)5-6-15(18)4/h5-13H,1-4H3/b19-12-. The van der Waals surface area contributed by atoms with Gasteiger partial charge in [0.15, 0.2) is 4.32 Å². The first-order chi connectivity index (χ1) is 11.9. The summed E-state index contributed by atoms with van der Waals surface area (Å²) in [5, 5.41) is 0. The molecule has 1 aliphatic heterocycles. The Hall–Kier alpha value is -1.91. The summed E-state index contributed by atoms with van der Waals surface area (Å²) in [5.74, 6) is 0.452. The van der Waals surface area contributed by atoms with Crippen molar-refractivity contribution in [1.29, 1.82) is 0 Å². The van der Waals surface area contributed by atoms with E-state index < -0.39 is 0 Å². The van der Waals surface area contributed by atoms with Gasteiger partial charge in [0, 0.05) is 0 Å². The predicted octanol–water partition coefficient (Wildman–Crippen LogP) is 5.83. The number of hydrogen-bond acceptors (Lipinski definition) is 3. The number of benzene rings is 2. The number of amides is 1. The third-order valence-corrected chi connectivity index (χ3v) is 5.60. The van der Waals surface area contributed by atoms with Gasteiger partial charge in [0.25, 0.3) is 5.91 Å². The molecule has 0 spiro atoms. The van der Waals surface area contributed by atoms with Gasteiger partial charge in [0.2, 0.25) is 0 Å². The largest absolute Gasteiger partial charge is 0.270 e. The Balaban J connectivity index is 1.91. The topological polar surface area (TPSA) is 20.3 Å². The Morgan fingerprint density at radius 3 is 2.40 bits per heavy atom. The molecule has 3 rings (SSSR count). The van der Waals surface area contributed by atoms with Crippen LogP contribution in [-0.2, 0) is 4.79 Å². The fourth-order valence-electron chi connectivity index (χ4n) is 2.76. The molecule has 0 bridgehead atoms. The second-order valence-corrected chi connectivity index (χ2v) is 8.30. The van der Waals surface area contributed by atoms with Crippen molar-refractivity contribution in [3.8, 4) is 0 Å². The lowest BCUT2D eigenvalue weighted by molar-refractivity contribution is -0.113. The third-order valence-electron chi connectivity index (χ3n) is 4.30. The van der Waals surface area contributed by atoms with Crippen molar-refractivity contribution in [3.05, 3.63) is 69.6 Å². The highest BCUT2D eigenvalue weighted by molar-refractivity contribution is 8.27. The molecule has 2 aromatic carbocycles. The zero-order valence-electron chi connectivity index (χ0n) is 14.9. The monoisotopic (exact) mass is 367 g/mol. The molecule has 128 valence electrons. The summed E-state index contributed by atoms with van der Waals surface area (Å²) < 4.78 is 0.587. The lowest BCUT2D eigenvalue weighted by Gasteiger charge is -2.17. The maximum atomic E-state index is 12.9. The first kappa shape index (κ1) is 17.9. The van der Waals surface area contributed by atoms with E-state index in [2.05, 4.69) is 38.1 Å². The summed E-state index contributed by atoms with van der Waals surface area (Å²) in [4.78, 5) is 15.2. The number of carbonyl (C=O) groups excluding carboxylic acids is 1. The SMILES string of the molecule is Cc1ccc(C)c(N2C(=O)/C(=C/c3ccc(C(C)C)cc3)SC2=S)c1. The van der Waals surface area contributed by atoms with Crippen LogP contribution in [0, 0.1) is 13.8 Å². The molecule has 25 heavy (non-hydrogen) atoms. The average molecular weight is 368 g/mol. The molecule has 1 fully saturated rings. The van der Waals surface area contributed by atoms with Crippen molar-refractivity contribution < 1.29 is 4.79 Å². The summed E-state index contributed by atoms with van der Waals surface area (Å²) in [6.07, 6.45) is 1.93. The summed E-state index contributed by atoms with van der Waals surface area (Å²) in [6, 6.07) is 14.4. The molecule has 0 aliphatic carbocycles. The number of carbonyl (C=O) groups is 1. The van der Waals surface area contributed by atoms with Gasteiger partial charge < -0.3 is 0 Å². The molecular formula is C21H21NOS2. The van der Waals surface area contributed by atoms with E-state index in [0.717, 1.165) is 22.4 Å². The Bertz CT molecular complexity index is 866. The maximum absolute atomic E-state index is 12.9. The molecule has 0 unspecified atom stereocenters. The number of rotatable bonds is 3. The van der Waals surface area contributed by atoms with Gasteiger partial charge in [-0.3, -0.25) is 9.69 Å². The molecule has 0 N–H and O–H groups in total. The van der Waals surface area contributed by atoms with Crippen molar-refractivity contribution >= 4 is 46.0 Å². The van der Waals surface area contributed by atoms with Crippen molar-refractivity contribution in [3.63, 3.8) is 0 Å². The minimum atomic E-state index is -0.0448. The second kappa shape index (κ2) is 7.14. The molecule has 2 aromatic rings. The van der Waals surface area contributed by atoms with E-state index in [1.54, 1.807) is 4.90 Å². The minimum absolute atomic E-state index is 0.0448. The maximum Gasteiger partial charge on any atom is 0.270 e. The number of thioether (sulfide) groups is 1. The second-order valence-electron chi connectivity index (χ2n) is 6.63. The molecule has 1 saturated heterocycles. The molecule has 0 saturated carbocycles. The van der Waals surface area contributed by atoms with Crippen molar-refractivity contribution in [1.82, 2.24) is 0 Å². The Labute approximate surface area is 158 Å². The molecule has 1 heterocycles. The van der Waals surface area contributed by atoms with Gasteiger partial charge in [-0.25, -0.2) is 0 Å². The van der Waals surface area contributed by atoms with Crippen molar-refractivity contribution in [2.24, 2.45) is 0 Å². The lowest BCUT2D eigenvalue weighted by atomic mass is 10.0. The van der Waals surface area contributed by atoms with Gasteiger partial charge in [-0.1, -0.05) is 74.2 Å². The highest BCUT2D eigenvalue weighted by Crippen LogP contribution is 2.37. The van der Waals surface area contributed by atoms with E-state index in [1.165, 1.54) is 17.3 Å².